The van der Waals surface area contributed by atoms with E-state index in [1.165, 1.54) is 0 Å². The van der Waals surface area contributed by atoms with Crippen molar-refractivity contribution in [2.24, 2.45) is 0 Å². The molecule has 0 bridgehead atoms. The van der Waals surface area contributed by atoms with E-state index in [0.717, 1.165) is 0 Å². The highest BCUT2D eigenvalue weighted by molar-refractivity contribution is 5.60. The SMILES string of the molecule is COc1ccc(C#N)c(NCC(OC)OC)c1. The fourth-order valence-corrected chi connectivity index (χ4v) is 1.35. The van der Waals surface area contributed by atoms with Gasteiger partial charge in [0.15, 0.2) is 6.29 Å². The first-order valence-corrected chi connectivity index (χ1v) is 5.12. The maximum atomic E-state index is 8.97. The quantitative estimate of drug-likeness (QED) is 0.760. The number of nitriles is 1. The molecule has 5 heteroatoms. The molecule has 92 valence electrons. The number of hydrogen-bond acceptors (Lipinski definition) is 5. The molecule has 0 saturated heterocycles. The number of nitrogens with one attached hydrogen (secondary N) is 1. The molecule has 5 nitrogen and oxygen atoms in total. The number of benzene rings is 1. The molecule has 1 N–H and O–H groups in total. The average Bonchev–Trinajstić information content (AvgIpc) is 2.39. The van der Waals surface area contributed by atoms with E-state index in [0.29, 0.717) is 23.5 Å². The number of rotatable bonds is 6. The van der Waals surface area contributed by atoms with Crippen LogP contribution in [0.5, 0.6) is 5.75 Å². The third-order valence-electron chi connectivity index (χ3n) is 2.33. The zero-order chi connectivity index (χ0) is 12.7. The molecular weight excluding hydrogens is 220 g/mol. The van der Waals surface area contributed by atoms with Crippen LogP contribution in [-0.4, -0.2) is 34.2 Å². The first-order valence-electron chi connectivity index (χ1n) is 5.12. The molecule has 0 spiro atoms. The Hall–Kier alpha value is -1.77. The summed E-state index contributed by atoms with van der Waals surface area (Å²) in [6, 6.07) is 7.32. The predicted molar refractivity (Wildman–Crippen MR) is 64.0 cm³/mol. The van der Waals surface area contributed by atoms with Crippen LogP contribution in [0.25, 0.3) is 0 Å². The molecule has 0 atom stereocenters. The average molecular weight is 236 g/mol. The highest BCUT2D eigenvalue weighted by Crippen LogP contribution is 2.21. The number of anilines is 1. The molecule has 0 aliphatic heterocycles. The molecule has 0 heterocycles. The van der Waals surface area contributed by atoms with E-state index in [9.17, 15) is 0 Å². The van der Waals surface area contributed by atoms with Crippen molar-refractivity contribution < 1.29 is 14.2 Å². The standard InChI is InChI=1S/C12H16N2O3/c1-15-10-5-4-9(7-13)11(6-10)14-8-12(16-2)17-3/h4-6,12,14H,8H2,1-3H3. The summed E-state index contributed by atoms with van der Waals surface area (Å²) in [5, 5.41) is 12.1. The molecule has 0 aromatic heterocycles. The van der Waals surface area contributed by atoms with Gasteiger partial charge in [-0.05, 0) is 12.1 Å². The lowest BCUT2D eigenvalue weighted by Gasteiger charge is -2.16. The Balaban J connectivity index is 2.78. The number of hydrogen-bond donors (Lipinski definition) is 1. The summed E-state index contributed by atoms with van der Waals surface area (Å²) in [6.45, 7) is 0.453. The fraction of sp³-hybridized carbons (Fsp3) is 0.417. The van der Waals surface area contributed by atoms with Gasteiger partial charge in [-0.15, -0.1) is 0 Å². The van der Waals surface area contributed by atoms with Crippen molar-refractivity contribution in [3.05, 3.63) is 23.8 Å². The van der Waals surface area contributed by atoms with Crippen molar-refractivity contribution >= 4 is 5.69 Å². The van der Waals surface area contributed by atoms with Crippen molar-refractivity contribution in [3.63, 3.8) is 0 Å². The normalized spacial score (nSPS) is 10.1. The highest BCUT2D eigenvalue weighted by Gasteiger charge is 2.08. The summed E-state index contributed by atoms with van der Waals surface area (Å²) in [7, 11) is 4.71. The molecular formula is C12H16N2O3. The van der Waals surface area contributed by atoms with Gasteiger partial charge in [-0.2, -0.15) is 5.26 Å². The third-order valence-corrected chi connectivity index (χ3v) is 2.33. The molecule has 0 aliphatic rings. The van der Waals surface area contributed by atoms with Gasteiger partial charge in [0, 0.05) is 20.3 Å². The Kier molecular flexibility index (Phi) is 5.27. The Labute approximate surface area is 101 Å². The van der Waals surface area contributed by atoms with Gasteiger partial charge in [0.2, 0.25) is 0 Å². The van der Waals surface area contributed by atoms with Crippen molar-refractivity contribution in [1.29, 1.82) is 5.26 Å². The monoisotopic (exact) mass is 236 g/mol. The summed E-state index contributed by atoms with van der Waals surface area (Å²) in [6.07, 6.45) is -0.354. The van der Waals surface area contributed by atoms with E-state index < -0.39 is 0 Å². The lowest BCUT2D eigenvalue weighted by molar-refractivity contribution is -0.0914. The minimum Gasteiger partial charge on any atom is -0.497 e. The summed E-state index contributed by atoms with van der Waals surface area (Å²) in [5.41, 5.74) is 1.25. The first kappa shape index (κ1) is 13.3. The van der Waals surface area contributed by atoms with Gasteiger partial charge in [-0.25, -0.2) is 0 Å². The van der Waals surface area contributed by atoms with Gasteiger partial charge < -0.3 is 19.5 Å². The molecule has 1 aromatic carbocycles. The van der Waals surface area contributed by atoms with Gasteiger partial charge in [0.05, 0.1) is 24.9 Å². The topological polar surface area (TPSA) is 63.5 Å². The fourth-order valence-electron chi connectivity index (χ4n) is 1.35. The Morgan fingerprint density at radius 2 is 2.00 bits per heavy atom. The van der Waals surface area contributed by atoms with Crippen LogP contribution in [0.3, 0.4) is 0 Å². The summed E-state index contributed by atoms with van der Waals surface area (Å²) in [5.74, 6) is 0.692. The van der Waals surface area contributed by atoms with Gasteiger partial charge in [0.1, 0.15) is 11.8 Å². The molecule has 0 amide bonds. The molecule has 17 heavy (non-hydrogen) atoms. The van der Waals surface area contributed by atoms with Crippen LogP contribution in [0.2, 0.25) is 0 Å². The van der Waals surface area contributed by atoms with Crippen LogP contribution in [0.15, 0.2) is 18.2 Å². The van der Waals surface area contributed by atoms with E-state index in [1.807, 2.05) is 0 Å². The molecule has 0 radical (unpaired) electrons. The van der Waals surface area contributed by atoms with Crippen molar-refractivity contribution in [3.8, 4) is 11.8 Å². The lowest BCUT2D eigenvalue weighted by atomic mass is 10.2. The summed E-state index contributed by atoms with van der Waals surface area (Å²) in [4.78, 5) is 0. The van der Waals surface area contributed by atoms with Gasteiger partial charge in [-0.1, -0.05) is 0 Å². The second-order valence-electron chi connectivity index (χ2n) is 3.31. The van der Waals surface area contributed by atoms with E-state index in [-0.39, 0.29) is 6.29 Å². The molecule has 0 fully saturated rings. The Morgan fingerprint density at radius 1 is 1.29 bits per heavy atom. The zero-order valence-corrected chi connectivity index (χ0v) is 10.2. The highest BCUT2D eigenvalue weighted by atomic mass is 16.7. The largest absolute Gasteiger partial charge is 0.497 e. The van der Waals surface area contributed by atoms with Crippen molar-refractivity contribution in [2.45, 2.75) is 6.29 Å². The van der Waals surface area contributed by atoms with Crippen LogP contribution >= 0.6 is 0 Å². The maximum Gasteiger partial charge on any atom is 0.173 e. The molecule has 0 saturated carbocycles. The molecule has 0 unspecified atom stereocenters. The zero-order valence-electron chi connectivity index (χ0n) is 10.2. The van der Waals surface area contributed by atoms with Crippen LogP contribution in [0, 0.1) is 11.3 Å². The lowest BCUT2D eigenvalue weighted by Crippen LogP contribution is -2.23. The molecule has 0 aliphatic carbocycles. The van der Waals surface area contributed by atoms with E-state index in [2.05, 4.69) is 11.4 Å². The van der Waals surface area contributed by atoms with Gasteiger partial charge >= 0.3 is 0 Å². The second kappa shape index (κ2) is 6.74. The van der Waals surface area contributed by atoms with Crippen LogP contribution in [-0.2, 0) is 9.47 Å². The number of methoxy groups -OCH3 is 3. The van der Waals surface area contributed by atoms with E-state index >= 15 is 0 Å². The Bertz CT molecular complexity index is 397. The Morgan fingerprint density at radius 3 is 2.53 bits per heavy atom. The number of ether oxygens (including phenoxy) is 3. The van der Waals surface area contributed by atoms with E-state index in [4.69, 9.17) is 19.5 Å². The smallest absolute Gasteiger partial charge is 0.173 e. The summed E-state index contributed by atoms with van der Waals surface area (Å²) < 4.78 is 15.2. The number of nitrogens with zero attached hydrogens (tertiary/aromatic N) is 1. The second-order valence-corrected chi connectivity index (χ2v) is 3.31. The van der Waals surface area contributed by atoms with E-state index in [1.54, 1.807) is 39.5 Å². The van der Waals surface area contributed by atoms with Crippen molar-refractivity contribution in [2.75, 3.05) is 33.2 Å². The van der Waals surface area contributed by atoms with Gasteiger partial charge in [-0.3, -0.25) is 0 Å². The first-order chi connectivity index (χ1) is 8.24. The third kappa shape index (κ3) is 3.63. The molecule has 1 rings (SSSR count). The summed E-state index contributed by atoms with van der Waals surface area (Å²) >= 11 is 0. The van der Waals surface area contributed by atoms with Crippen LogP contribution < -0.4 is 10.1 Å². The van der Waals surface area contributed by atoms with Crippen LogP contribution in [0.4, 0.5) is 5.69 Å². The minimum absolute atomic E-state index is 0.354. The predicted octanol–water partition coefficient (Wildman–Crippen LogP) is 1.60. The molecule has 1 aromatic rings. The van der Waals surface area contributed by atoms with Crippen LogP contribution in [0.1, 0.15) is 5.56 Å². The van der Waals surface area contributed by atoms with Crippen molar-refractivity contribution in [1.82, 2.24) is 0 Å². The van der Waals surface area contributed by atoms with Gasteiger partial charge in [0.25, 0.3) is 0 Å². The minimum atomic E-state index is -0.354. The maximum absolute atomic E-state index is 8.97.